The molecule has 2 aromatic heterocycles. The number of imidazole rings is 1. The van der Waals surface area contributed by atoms with Gasteiger partial charge in [0.2, 0.25) is 6.41 Å². The number of anilines is 1. The normalized spacial score (nSPS) is 12.7. The van der Waals surface area contributed by atoms with Crippen LogP contribution in [-0.4, -0.2) is 34.2 Å². The zero-order chi connectivity index (χ0) is 20.4. The molecule has 1 aliphatic heterocycles. The van der Waals surface area contributed by atoms with E-state index < -0.39 is 0 Å². The summed E-state index contributed by atoms with van der Waals surface area (Å²) in [7, 11) is 0. The number of nitrogens with two attached hydrogens (primary N) is 2. The molecule has 0 fully saturated rings. The summed E-state index contributed by atoms with van der Waals surface area (Å²) in [4.78, 5) is 17.7. The van der Waals surface area contributed by atoms with Gasteiger partial charge in [-0.25, -0.2) is 4.98 Å². The summed E-state index contributed by atoms with van der Waals surface area (Å²) in [5.74, 6) is 2.46. The number of hydrogen-bond acceptors (Lipinski definition) is 7. The van der Waals surface area contributed by atoms with Crippen molar-refractivity contribution in [2.45, 2.75) is 19.9 Å². The number of amides is 1. The van der Waals surface area contributed by atoms with Gasteiger partial charge in [-0.1, -0.05) is 0 Å². The van der Waals surface area contributed by atoms with Crippen LogP contribution in [0.3, 0.4) is 0 Å². The maximum absolute atomic E-state index is 8.58. The van der Waals surface area contributed by atoms with Crippen LogP contribution >= 0.6 is 0 Å². The molecule has 29 heavy (non-hydrogen) atoms. The predicted molar refractivity (Wildman–Crippen MR) is 109 cm³/mol. The van der Waals surface area contributed by atoms with Crippen LogP contribution in [0, 0.1) is 0 Å². The molecule has 9 heteroatoms. The van der Waals surface area contributed by atoms with E-state index in [1.54, 1.807) is 0 Å². The van der Waals surface area contributed by atoms with Gasteiger partial charge in [-0.2, -0.15) is 4.98 Å². The zero-order valence-corrected chi connectivity index (χ0v) is 15.9. The lowest BCUT2D eigenvalue weighted by Gasteiger charge is -2.08. The number of benzene rings is 2. The third kappa shape index (κ3) is 3.42. The van der Waals surface area contributed by atoms with Crippen molar-refractivity contribution in [3.63, 3.8) is 0 Å². The highest BCUT2D eigenvalue weighted by Gasteiger charge is 2.21. The average molecular weight is 395 g/mol. The maximum Gasteiger partial charge on any atom is 0.292 e. The van der Waals surface area contributed by atoms with Crippen LogP contribution in [0.25, 0.3) is 33.5 Å². The quantitative estimate of drug-likeness (QED) is 0.510. The molecule has 2 aromatic carbocycles. The summed E-state index contributed by atoms with van der Waals surface area (Å²) in [6, 6.07) is 9.88. The lowest BCUT2D eigenvalue weighted by atomic mass is 10.2. The molecule has 0 spiro atoms. The van der Waals surface area contributed by atoms with Crippen molar-refractivity contribution in [3.05, 3.63) is 30.3 Å². The van der Waals surface area contributed by atoms with Crippen molar-refractivity contribution in [3.8, 4) is 22.9 Å². The molecule has 150 valence electrons. The first kappa shape index (κ1) is 18.6. The lowest BCUT2D eigenvalue weighted by Crippen LogP contribution is -2.01. The number of hydrogen-bond donors (Lipinski definition) is 2. The number of oxazole rings is 1. The highest BCUT2D eigenvalue weighted by molar-refractivity contribution is 5.89. The molecule has 0 radical (unpaired) electrons. The third-order valence-electron chi connectivity index (χ3n) is 4.54. The average Bonchev–Trinajstić information content (AvgIpc) is 3.16. The standard InChI is InChI=1S/C19H18N4O3.CH3NO/c1-2-24-12-9-14-17-16(10-12)25-7-3-6-23(17)18(21-14)11-4-5-15-13(8-11)22-19(20)26-15;2-1-3/h4-5,8-10H,2-3,6-7H2,1H3,(H2,20,22);1H,(H2,2,3). The third-order valence-corrected chi connectivity index (χ3v) is 4.54. The molecule has 1 amide bonds. The van der Waals surface area contributed by atoms with Crippen molar-refractivity contribution < 1.29 is 18.7 Å². The summed E-state index contributed by atoms with van der Waals surface area (Å²) < 4.78 is 19.2. The number of aromatic nitrogens is 3. The summed E-state index contributed by atoms with van der Waals surface area (Å²) in [6.45, 7) is 4.07. The van der Waals surface area contributed by atoms with Crippen molar-refractivity contribution in [2.24, 2.45) is 5.73 Å². The Hall–Kier alpha value is -3.75. The fourth-order valence-electron chi connectivity index (χ4n) is 3.49. The molecule has 0 saturated carbocycles. The van der Waals surface area contributed by atoms with Crippen LogP contribution in [0.15, 0.2) is 34.7 Å². The Morgan fingerprint density at radius 3 is 2.86 bits per heavy atom. The monoisotopic (exact) mass is 395 g/mol. The lowest BCUT2D eigenvalue weighted by molar-refractivity contribution is -0.106. The number of ether oxygens (including phenoxy) is 2. The number of nitrogen functional groups attached to an aromatic ring is 1. The second-order valence-electron chi connectivity index (χ2n) is 6.38. The number of rotatable bonds is 3. The van der Waals surface area contributed by atoms with Crippen LogP contribution in [0.1, 0.15) is 13.3 Å². The summed E-state index contributed by atoms with van der Waals surface area (Å²) in [5.41, 5.74) is 14.0. The molecule has 9 nitrogen and oxygen atoms in total. The molecule has 0 aliphatic carbocycles. The summed E-state index contributed by atoms with van der Waals surface area (Å²) in [5, 5.41) is 0. The van der Waals surface area contributed by atoms with Gasteiger partial charge >= 0.3 is 0 Å². The van der Waals surface area contributed by atoms with Gasteiger partial charge < -0.3 is 29.9 Å². The van der Waals surface area contributed by atoms with E-state index in [0.717, 1.165) is 52.4 Å². The number of carbonyl (C=O) groups is 1. The van der Waals surface area contributed by atoms with E-state index in [1.807, 2.05) is 37.3 Å². The molecular weight excluding hydrogens is 374 g/mol. The van der Waals surface area contributed by atoms with Crippen molar-refractivity contribution >= 4 is 34.6 Å². The van der Waals surface area contributed by atoms with Gasteiger partial charge in [0.15, 0.2) is 5.58 Å². The second-order valence-corrected chi connectivity index (χ2v) is 6.38. The summed E-state index contributed by atoms with van der Waals surface area (Å²) >= 11 is 0. The van der Waals surface area contributed by atoms with E-state index in [9.17, 15) is 0 Å². The van der Waals surface area contributed by atoms with Crippen LogP contribution in [0.4, 0.5) is 6.01 Å². The maximum atomic E-state index is 8.58. The van der Waals surface area contributed by atoms with E-state index >= 15 is 0 Å². The van der Waals surface area contributed by atoms with Gasteiger partial charge in [0, 0.05) is 24.2 Å². The smallest absolute Gasteiger partial charge is 0.292 e. The summed E-state index contributed by atoms with van der Waals surface area (Å²) in [6.07, 6.45) is 1.16. The van der Waals surface area contributed by atoms with Gasteiger partial charge in [0.1, 0.15) is 28.4 Å². The van der Waals surface area contributed by atoms with Gasteiger partial charge in [0.25, 0.3) is 6.01 Å². The van der Waals surface area contributed by atoms with E-state index in [4.69, 9.17) is 29.4 Å². The van der Waals surface area contributed by atoms with E-state index in [-0.39, 0.29) is 12.4 Å². The Bertz CT molecular complexity index is 1180. The van der Waals surface area contributed by atoms with Gasteiger partial charge in [-0.3, -0.25) is 4.79 Å². The van der Waals surface area contributed by atoms with Crippen molar-refractivity contribution in [1.29, 1.82) is 0 Å². The molecule has 1 aliphatic rings. The van der Waals surface area contributed by atoms with Gasteiger partial charge in [0.05, 0.1) is 18.7 Å². The molecule has 4 aromatic rings. The number of primary amides is 1. The number of fused-ring (bicyclic) bond motifs is 1. The fourth-order valence-corrected chi connectivity index (χ4v) is 3.49. The largest absolute Gasteiger partial charge is 0.494 e. The fraction of sp³-hybridized carbons (Fsp3) is 0.250. The molecule has 5 rings (SSSR count). The number of carbonyl (C=O) groups excluding carboxylic acids is 1. The molecule has 0 atom stereocenters. The van der Waals surface area contributed by atoms with Crippen molar-refractivity contribution in [2.75, 3.05) is 18.9 Å². The Morgan fingerprint density at radius 1 is 1.24 bits per heavy atom. The Kier molecular flexibility index (Phi) is 4.94. The Morgan fingerprint density at radius 2 is 2.07 bits per heavy atom. The zero-order valence-electron chi connectivity index (χ0n) is 15.9. The molecule has 3 heterocycles. The van der Waals surface area contributed by atoms with E-state index in [2.05, 4.69) is 15.3 Å². The van der Waals surface area contributed by atoms with E-state index in [1.165, 1.54) is 0 Å². The minimum atomic E-state index is 0.167. The number of nitrogens with zero attached hydrogens (tertiary/aromatic N) is 3. The van der Waals surface area contributed by atoms with Crippen LogP contribution in [0.5, 0.6) is 11.5 Å². The van der Waals surface area contributed by atoms with Crippen LogP contribution in [0.2, 0.25) is 0 Å². The SMILES string of the molecule is CCOc1cc2c3c(c1)nc(-c1ccc4oc(N)nc4c1)n3CCCO2.NC=O. The molecular formula is C20H21N5O4. The Labute approximate surface area is 166 Å². The van der Waals surface area contributed by atoms with Gasteiger partial charge in [-0.05, 0) is 31.5 Å². The molecule has 0 unspecified atom stereocenters. The van der Waals surface area contributed by atoms with E-state index in [0.29, 0.717) is 18.8 Å². The van der Waals surface area contributed by atoms with Crippen LogP contribution < -0.4 is 20.9 Å². The predicted octanol–water partition coefficient (Wildman–Crippen LogP) is 2.71. The number of aryl methyl sites for hydroxylation is 1. The van der Waals surface area contributed by atoms with Crippen LogP contribution in [-0.2, 0) is 11.3 Å². The first-order valence-electron chi connectivity index (χ1n) is 9.26. The Balaban J connectivity index is 0.000000645. The second kappa shape index (κ2) is 7.70. The topological polar surface area (TPSA) is 131 Å². The van der Waals surface area contributed by atoms with Gasteiger partial charge in [-0.15, -0.1) is 0 Å². The van der Waals surface area contributed by atoms with Crippen molar-refractivity contribution in [1.82, 2.24) is 14.5 Å². The first-order chi connectivity index (χ1) is 14.1. The minimum absolute atomic E-state index is 0.167. The highest BCUT2D eigenvalue weighted by Crippen LogP contribution is 2.37. The molecule has 0 bridgehead atoms. The molecule has 4 N–H and O–H groups in total. The minimum Gasteiger partial charge on any atom is -0.494 e. The highest BCUT2D eigenvalue weighted by atomic mass is 16.5. The first-order valence-corrected chi connectivity index (χ1v) is 9.26. The molecule has 0 saturated heterocycles.